The van der Waals surface area contributed by atoms with Crippen molar-refractivity contribution < 1.29 is 31.2 Å². The van der Waals surface area contributed by atoms with Crippen LogP contribution < -0.4 is 4.90 Å². The quantitative estimate of drug-likeness (QED) is 0.469. The number of aromatic nitrogens is 2. The Morgan fingerprint density at radius 1 is 1.11 bits per heavy atom. The van der Waals surface area contributed by atoms with Gasteiger partial charge in [-0.1, -0.05) is 24.3 Å². The fourth-order valence-electron chi connectivity index (χ4n) is 4.49. The molecule has 2 aromatic heterocycles. The number of benzene rings is 1. The third-order valence-electron chi connectivity index (χ3n) is 6.68. The Morgan fingerprint density at radius 3 is 2.38 bits per heavy atom. The molecule has 0 spiro atoms. The third kappa shape index (κ3) is 4.92. The van der Waals surface area contributed by atoms with Crippen LogP contribution in [0.5, 0.6) is 0 Å². The topological polar surface area (TPSA) is 107 Å². The van der Waals surface area contributed by atoms with E-state index in [4.69, 9.17) is 0 Å². The smallest absolute Gasteiger partial charge is 0.346 e. The minimum atomic E-state index is -5.40. The molecule has 196 valence electrons. The highest BCUT2D eigenvalue weighted by atomic mass is 32.2. The Bertz CT molecular complexity index is 1430. The van der Waals surface area contributed by atoms with Crippen molar-refractivity contribution in [2.75, 3.05) is 31.1 Å². The van der Waals surface area contributed by atoms with E-state index in [1.54, 1.807) is 23.2 Å². The van der Waals surface area contributed by atoms with Gasteiger partial charge in [-0.15, -0.1) is 0 Å². The van der Waals surface area contributed by atoms with Crippen LogP contribution in [0.25, 0.3) is 22.2 Å². The minimum absolute atomic E-state index is 0.0358. The van der Waals surface area contributed by atoms with Gasteiger partial charge in [-0.25, -0.2) is 13.4 Å². The van der Waals surface area contributed by atoms with E-state index in [0.717, 1.165) is 35.8 Å². The fraction of sp³-hybridized carbons (Fsp3) is 0.375. The number of carbonyl (C=O) groups excluding carboxylic acids is 2. The van der Waals surface area contributed by atoms with E-state index in [-0.39, 0.29) is 31.5 Å². The zero-order valence-electron chi connectivity index (χ0n) is 19.6. The van der Waals surface area contributed by atoms with Crippen LogP contribution in [0, 0.1) is 0 Å². The summed E-state index contributed by atoms with van der Waals surface area (Å²) in [6.07, 6.45) is 4.49. The number of amides is 2. The van der Waals surface area contributed by atoms with Crippen molar-refractivity contribution in [1.29, 1.82) is 0 Å². The number of sulfonamides is 1. The molecule has 2 fully saturated rings. The van der Waals surface area contributed by atoms with Crippen LogP contribution in [0.2, 0.25) is 0 Å². The van der Waals surface area contributed by atoms with Crippen LogP contribution in [-0.2, 0) is 26.0 Å². The van der Waals surface area contributed by atoms with Crippen molar-refractivity contribution in [2.24, 2.45) is 0 Å². The standard InChI is InChI=1S/C24H24F3N5O4S/c25-24(26,27)37(35,36)31-11-9-30(10-12-31)22(34)13-16-1-3-17(4-2-16)20-14-21(32(15-33)18-5-6-18)29-23-19(20)7-8-28-23/h1-4,7-8,14-15,18H,5-6,9-13H2,(H,28,29). The molecule has 1 saturated heterocycles. The van der Waals surface area contributed by atoms with E-state index in [1.165, 1.54) is 4.90 Å². The summed E-state index contributed by atoms with van der Waals surface area (Å²) in [6.45, 7) is -1.01. The van der Waals surface area contributed by atoms with E-state index in [2.05, 4.69) is 9.97 Å². The molecule has 1 aromatic carbocycles. The Morgan fingerprint density at radius 2 is 1.78 bits per heavy atom. The second kappa shape index (κ2) is 9.45. The van der Waals surface area contributed by atoms with Gasteiger partial charge in [0.2, 0.25) is 12.3 Å². The summed E-state index contributed by atoms with van der Waals surface area (Å²) in [5.41, 5.74) is -2.23. The Hall–Kier alpha value is -3.45. The van der Waals surface area contributed by atoms with Gasteiger partial charge in [0, 0.05) is 43.8 Å². The number of piperazine rings is 1. The maximum atomic E-state index is 12.8. The molecule has 3 aromatic rings. The highest BCUT2D eigenvalue weighted by Crippen LogP contribution is 2.35. The van der Waals surface area contributed by atoms with Gasteiger partial charge in [0.15, 0.2) is 0 Å². The second-order valence-electron chi connectivity index (χ2n) is 9.12. The molecule has 5 rings (SSSR count). The van der Waals surface area contributed by atoms with Crippen LogP contribution in [0.1, 0.15) is 18.4 Å². The molecule has 0 atom stereocenters. The normalized spacial score (nSPS) is 17.2. The highest BCUT2D eigenvalue weighted by molar-refractivity contribution is 7.90. The van der Waals surface area contributed by atoms with E-state index in [0.29, 0.717) is 21.3 Å². The lowest BCUT2D eigenvalue weighted by Crippen LogP contribution is -2.53. The van der Waals surface area contributed by atoms with E-state index in [1.807, 2.05) is 24.3 Å². The van der Waals surface area contributed by atoms with E-state index in [9.17, 15) is 31.2 Å². The summed E-state index contributed by atoms with van der Waals surface area (Å²) in [5, 5.41) is 0.890. The van der Waals surface area contributed by atoms with Crippen molar-refractivity contribution in [2.45, 2.75) is 30.8 Å². The Kier molecular flexibility index (Phi) is 6.44. The first-order valence-corrected chi connectivity index (χ1v) is 13.2. The molecule has 1 aliphatic heterocycles. The van der Waals surface area contributed by atoms with Crippen LogP contribution in [0.3, 0.4) is 0 Å². The summed E-state index contributed by atoms with van der Waals surface area (Å²) in [7, 11) is -5.40. The number of halogens is 3. The lowest BCUT2D eigenvalue weighted by atomic mass is 10.0. The maximum absolute atomic E-state index is 12.8. The number of nitrogens with one attached hydrogen (secondary N) is 1. The SMILES string of the molecule is O=CN(c1cc(-c2ccc(CC(=O)N3CCN(S(=O)(=O)C(F)(F)F)CC3)cc2)c2cc[nH]c2n1)C1CC1. The van der Waals surface area contributed by atoms with Gasteiger partial charge in [-0.2, -0.15) is 17.5 Å². The van der Waals surface area contributed by atoms with Crippen LogP contribution >= 0.6 is 0 Å². The number of fused-ring (bicyclic) bond motifs is 1. The summed E-state index contributed by atoms with van der Waals surface area (Å²) < 4.78 is 61.8. The average Bonchev–Trinajstić information content (AvgIpc) is 3.59. The zero-order chi connectivity index (χ0) is 26.4. The van der Waals surface area contributed by atoms with Gasteiger partial charge in [-0.05, 0) is 41.7 Å². The van der Waals surface area contributed by atoms with Crippen molar-refractivity contribution in [3.05, 3.63) is 48.2 Å². The number of H-pyrrole nitrogens is 1. The van der Waals surface area contributed by atoms with Crippen LogP contribution in [-0.4, -0.2) is 77.6 Å². The molecule has 2 aliphatic rings. The summed E-state index contributed by atoms with van der Waals surface area (Å²) in [4.78, 5) is 35.1. The number of pyridine rings is 1. The molecule has 1 aliphatic carbocycles. The molecule has 2 amide bonds. The maximum Gasteiger partial charge on any atom is 0.511 e. The summed E-state index contributed by atoms with van der Waals surface area (Å²) in [5.74, 6) is 0.274. The molecular weight excluding hydrogens is 511 g/mol. The van der Waals surface area contributed by atoms with Crippen molar-refractivity contribution in [3.8, 4) is 11.1 Å². The van der Waals surface area contributed by atoms with Gasteiger partial charge >= 0.3 is 15.5 Å². The average molecular weight is 536 g/mol. The predicted octanol–water partition coefficient (Wildman–Crippen LogP) is 2.89. The Labute approximate surface area is 210 Å². The lowest BCUT2D eigenvalue weighted by Gasteiger charge is -2.34. The number of rotatable bonds is 7. The first-order chi connectivity index (χ1) is 17.6. The molecular formula is C24H24F3N5O4S. The predicted molar refractivity (Wildman–Crippen MR) is 130 cm³/mol. The third-order valence-corrected chi connectivity index (χ3v) is 8.31. The zero-order valence-corrected chi connectivity index (χ0v) is 20.4. The van der Waals surface area contributed by atoms with Crippen molar-refractivity contribution in [3.63, 3.8) is 0 Å². The number of aromatic amines is 1. The molecule has 37 heavy (non-hydrogen) atoms. The minimum Gasteiger partial charge on any atom is -0.346 e. The largest absolute Gasteiger partial charge is 0.511 e. The molecule has 0 radical (unpaired) electrons. The Balaban J connectivity index is 1.28. The number of anilines is 1. The van der Waals surface area contributed by atoms with Gasteiger partial charge < -0.3 is 9.88 Å². The fourth-order valence-corrected chi connectivity index (χ4v) is 5.42. The number of nitrogens with zero attached hydrogens (tertiary/aromatic N) is 4. The molecule has 1 N–H and O–H groups in total. The highest BCUT2D eigenvalue weighted by Gasteiger charge is 2.50. The monoisotopic (exact) mass is 535 g/mol. The lowest BCUT2D eigenvalue weighted by molar-refractivity contribution is -0.131. The molecule has 13 heteroatoms. The van der Waals surface area contributed by atoms with Gasteiger partial charge in [0.25, 0.3) is 0 Å². The van der Waals surface area contributed by atoms with E-state index >= 15 is 0 Å². The van der Waals surface area contributed by atoms with Gasteiger partial charge in [-0.3, -0.25) is 14.5 Å². The first-order valence-electron chi connectivity index (χ1n) is 11.7. The summed E-state index contributed by atoms with van der Waals surface area (Å²) >= 11 is 0. The van der Waals surface area contributed by atoms with Gasteiger partial charge in [0.05, 0.1) is 6.42 Å². The molecule has 3 heterocycles. The van der Waals surface area contributed by atoms with Crippen molar-refractivity contribution >= 4 is 39.2 Å². The van der Waals surface area contributed by atoms with E-state index < -0.39 is 28.6 Å². The van der Waals surface area contributed by atoms with Crippen LogP contribution in [0.15, 0.2) is 42.6 Å². The van der Waals surface area contributed by atoms with Crippen LogP contribution in [0.4, 0.5) is 19.0 Å². The molecule has 1 saturated carbocycles. The molecule has 0 unspecified atom stereocenters. The van der Waals surface area contributed by atoms with Gasteiger partial charge in [0.1, 0.15) is 11.5 Å². The van der Waals surface area contributed by atoms with Crippen molar-refractivity contribution in [1.82, 2.24) is 19.2 Å². The number of alkyl halides is 3. The number of hydrogen-bond acceptors (Lipinski definition) is 5. The summed E-state index contributed by atoms with van der Waals surface area (Å²) in [6, 6.07) is 11.3. The molecule has 0 bridgehead atoms. The molecule has 9 nitrogen and oxygen atoms in total. The number of hydrogen-bond donors (Lipinski definition) is 1. The first kappa shape index (κ1) is 25.2. The number of carbonyl (C=O) groups is 2. The second-order valence-corrected chi connectivity index (χ2v) is 11.0.